The van der Waals surface area contributed by atoms with E-state index in [-0.39, 0.29) is 12.1 Å². The quantitative estimate of drug-likeness (QED) is 0.590. The third-order valence-electron chi connectivity index (χ3n) is 3.71. The van der Waals surface area contributed by atoms with Gasteiger partial charge in [0.2, 0.25) is 0 Å². The molecule has 148 valence electrons. The fraction of sp³-hybridized carbons (Fsp3) is 0.444. The molecule has 0 aliphatic heterocycles. The first kappa shape index (κ1) is 20.6. The van der Waals surface area contributed by atoms with Gasteiger partial charge in [0.05, 0.1) is 13.1 Å². The number of hydrogen-bond donors (Lipinski definition) is 1. The lowest BCUT2D eigenvalue weighted by Gasteiger charge is -2.22. The summed E-state index contributed by atoms with van der Waals surface area (Å²) in [4.78, 5) is 6.13. The number of aliphatic imine (C=N–C) groups is 1. The van der Waals surface area contributed by atoms with Crippen LogP contribution in [0.15, 0.2) is 41.5 Å². The molecule has 2 aromatic rings. The van der Waals surface area contributed by atoms with Crippen LogP contribution in [0.3, 0.4) is 0 Å². The van der Waals surface area contributed by atoms with Crippen molar-refractivity contribution in [3.63, 3.8) is 0 Å². The van der Waals surface area contributed by atoms with Crippen molar-refractivity contribution < 1.29 is 17.9 Å². The number of para-hydroxylation sites is 1. The van der Waals surface area contributed by atoms with Gasteiger partial charge in [-0.25, -0.2) is 4.99 Å². The molecule has 2 rings (SSSR count). The minimum atomic E-state index is -4.50. The molecule has 0 saturated heterocycles. The molecule has 1 N–H and O–H groups in total. The van der Waals surface area contributed by atoms with Crippen molar-refractivity contribution in [2.75, 3.05) is 26.7 Å². The van der Waals surface area contributed by atoms with E-state index >= 15 is 0 Å². The average Bonchev–Trinajstić information content (AvgIpc) is 3.00. The monoisotopic (exact) mass is 383 g/mol. The fourth-order valence-corrected chi connectivity index (χ4v) is 2.44. The van der Waals surface area contributed by atoms with Gasteiger partial charge in [0, 0.05) is 32.4 Å². The molecule has 1 heterocycles. The summed E-state index contributed by atoms with van der Waals surface area (Å²) in [5.74, 6) is 1.27. The molecule has 0 radical (unpaired) electrons. The number of rotatable bonds is 7. The predicted molar refractivity (Wildman–Crippen MR) is 97.6 cm³/mol. The van der Waals surface area contributed by atoms with E-state index in [1.54, 1.807) is 0 Å². The first-order valence-corrected chi connectivity index (χ1v) is 8.58. The normalized spacial score (nSPS) is 12.1. The SMILES string of the molecule is CCNC(=NCc1cn(C)nc1C(F)(F)F)N(C)CCOc1ccccc1. The van der Waals surface area contributed by atoms with Crippen LogP contribution in [0.1, 0.15) is 18.2 Å². The Balaban J connectivity index is 2.01. The molecule has 1 aromatic carbocycles. The maximum atomic E-state index is 13.1. The summed E-state index contributed by atoms with van der Waals surface area (Å²) in [6, 6.07) is 9.40. The van der Waals surface area contributed by atoms with Gasteiger partial charge in [-0.1, -0.05) is 18.2 Å². The van der Waals surface area contributed by atoms with Gasteiger partial charge in [-0.3, -0.25) is 4.68 Å². The first-order chi connectivity index (χ1) is 12.8. The molecule has 0 unspecified atom stereocenters. The van der Waals surface area contributed by atoms with E-state index < -0.39 is 11.9 Å². The van der Waals surface area contributed by atoms with Gasteiger partial charge < -0.3 is 15.0 Å². The van der Waals surface area contributed by atoms with Crippen LogP contribution in [-0.2, 0) is 19.8 Å². The molecule has 0 atom stereocenters. The number of aryl methyl sites for hydroxylation is 1. The average molecular weight is 383 g/mol. The van der Waals surface area contributed by atoms with E-state index in [1.807, 2.05) is 49.2 Å². The topological polar surface area (TPSA) is 54.7 Å². The van der Waals surface area contributed by atoms with Gasteiger partial charge in [0.15, 0.2) is 11.7 Å². The number of hydrogen-bond acceptors (Lipinski definition) is 3. The molecular formula is C18H24F3N5O. The Bertz CT molecular complexity index is 743. The molecule has 6 nitrogen and oxygen atoms in total. The van der Waals surface area contributed by atoms with Crippen LogP contribution in [0.4, 0.5) is 13.2 Å². The van der Waals surface area contributed by atoms with Gasteiger partial charge in [-0.2, -0.15) is 18.3 Å². The Hall–Kier alpha value is -2.71. The van der Waals surface area contributed by atoms with Crippen molar-refractivity contribution in [2.45, 2.75) is 19.6 Å². The zero-order chi connectivity index (χ0) is 19.9. The minimum absolute atomic E-state index is 0.0364. The number of nitrogens with one attached hydrogen (secondary N) is 1. The highest BCUT2D eigenvalue weighted by Gasteiger charge is 2.36. The summed E-state index contributed by atoms with van der Waals surface area (Å²) in [5, 5.41) is 6.58. The summed E-state index contributed by atoms with van der Waals surface area (Å²) >= 11 is 0. The van der Waals surface area contributed by atoms with Gasteiger partial charge in [0.25, 0.3) is 0 Å². The summed E-state index contributed by atoms with van der Waals surface area (Å²) < 4.78 is 46.0. The number of ether oxygens (including phenoxy) is 1. The Labute approximate surface area is 156 Å². The molecule has 0 aliphatic rings. The zero-order valence-corrected chi connectivity index (χ0v) is 15.6. The van der Waals surface area contributed by atoms with Crippen molar-refractivity contribution in [2.24, 2.45) is 12.0 Å². The van der Waals surface area contributed by atoms with E-state index in [0.29, 0.717) is 25.7 Å². The van der Waals surface area contributed by atoms with Gasteiger partial charge in [-0.05, 0) is 19.1 Å². The van der Waals surface area contributed by atoms with Gasteiger partial charge in [-0.15, -0.1) is 0 Å². The molecular weight excluding hydrogens is 359 g/mol. The second-order valence-electron chi connectivity index (χ2n) is 5.93. The van der Waals surface area contributed by atoms with E-state index in [9.17, 15) is 13.2 Å². The Morgan fingerprint density at radius 1 is 1.30 bits per heavy atom. The van der Waals surface area contributed by atoms with Gasteiger partial charge >= 0.3 is 6.18 Å². The molecule has 0 amide bonds. The number of aromatic nitrogens is 2. The van der Waals surface area contributed by atoms with Crippen LogP contribution in [0.2, 0.25) is 0 Å². The largest absolute Gasteiger partial charge is 0.492 e. The van der Waals surface area contributed by atoms with E-state index in [2.05, 4.69) is 15.4 Å². The predicted octanol–water partition coefficient (Wildman–Crippen LogP) is 2.92. The standard InChI is InChI=1S/C18H24F3N5O/c1-4-22-17(25(2)10-11-27-15-8-6-5-7-9-15)23-12-14-13-26(3)24-16(14)18(19,20)21/h5-9,13H,4,10-12H2,1-3H3,(H,22,23). The van der Waals surface area contributed by atoms with Crippen molar-refractivity contribution in [1.82, 2.24) is 20.0 Å². The third-order valence-corrected chi connectivity index (χ3v) is 3.71. The lowest BCUT2D eigenvalue weighted by atomic mass is 10.2. The smallest absolute Gasteiger partial charge is 0.435 e. The number of guanidine groups is 1. The van der Waals surface area contributed by atoms with Crippen LogP contribution in [0.25, 0.3) is 0 Å². The van der Waals surface area contributed by atoms with Crippen LogP contribution >= 0.6 is 0 Å². The fourth-order valence-electron chi connectivity index (χ4n) is 2.44. The highest BCUT2D eigenvalue weighted by molar-refractivity contribution is 5.79. The molecule has 0 aliphatic carbocycles. The van der Waals surface area contributed by atoms with E-state index in [0.717, 1.165) is 10.4 Å². The zero-order valence-electron chi connectivity index (χ0n) is 15.6. The molecule has 27 heavy (non-hydrogen) atoms. The van der Waals surface area contributed by atoms with Crippen LogP contribution in [0, 0.1) is 0 Å². The van der Waals surface area contributed by atoms with Crippen molar-refractivity contribution in [3.05, 3.63) is 47.8 Å². The maximum absolute atomic E-state index is 13.1. The highest BCUT2D eigenvalue weighted by Crippen LogP contribution is 2.30. The molecule has 9 heteroatoms. The van der Waals surface area contributed by atoms with E-state index in [4.69, 9.17) is 4.74 Å². The number of likely N-dealkylation sites (N-methyl/N-ethyl adjacent to an activating group) is 1. The number of alkyl halides is 3. The van der Waals surface area contributed by atoms with Gasteiger partial charge in [0.1, 0.15) is 12.4 Å². The van der Waals surface area contributed by atoms with E-state index in [1.165, 1.54) is 13.2 Å². The molecule has 0 bridgehead atoms. The van der Waals surface area contributed by atoms with Crippen molar-refractivity contribution in [1.29, 1.82) is 0 Å². The van der Waals surface area contributed by atoms with Crippen LogP contribution < -0.4 is 10.1 Å². The summed E-state index contributed by atoms with van der Waals surface area (Å²) in [6.07, 6.45) is -3.16. The highest BCUT2D eigenvalue weighted by atomic mass is 19.4. The summed E-state index contributed by atoms with van der Waals surface area (Å²) in [6.45, 7) is 3.33. The lowest BCUT2D eigenvalue weighted by molar-refractivity contribution is -0.142. The maximum Gasteiger partial charge on any atom is 0.435 e. The molecule has 0 saturated carbocycles. The summed E-state index contributed by atoms with van der Waals surface area (Å²) in [5.41, 5.74) is -0.867. The van der Waals surface area contributed by atoms with Crippen LogP contribution in [0.5, 0.6) is 5.75 Å². The molecule has 1 aromatic heterocycles. The Morgan fingerprint density at radius 2 is 2.00 bits per heavy atom. The minimum Gasteiger partial charge on any atom is -0.492 e. The van der Waals surface area contributed by atoms with Crippen molar-refractivity contribution >= 4 is 5.96 Å². The molecule has 0 spiro atoms. The summed E-state index contributed by atoms with van der Waals surface area (Å²) in [7, 11) is 3.27. The number of halogens is 3. The number of nitrogens with zero attached hydrogens (tertiary/aromatic N) is 4. The lowest BCUT2D eigenvalue weighted by Crippen LogP contribution is -2.40. The number of benzene rings is 1. The first-order valence-electron chi connectivity index (χ1n) is 8.58. The Morgan fingerprint density at radius 3 is 2.63 bits per heavy atom. The van der Waals surface area contributed by atoms with Crippen LogP contribution in [-0.4, -0.2) is 47.4 Å². The second kappa shape index (κ2) is 9.29. The van der Waals surface area contributed by atoms with Crippen molar-refractivity contribution in [3.8, 4) is 5.75 Å². The molecule has 0 fully saturated rings. The third kappa shape index (κ3) is 6.19. The Kier molecular flexibility index (Phi) is 7.09. The second-order valence-corrected chi connectivity index (χ2v) is 5.93.